The van der Waals surface area contributed by atoms with E-state index < -0.39 is 0 Å². The molecule has 6 nitrogen and oxygen atoms in total. The summed E-state index contributed by atoms with van der Waals surface area (Å²) in [6, 6.07) is 8.09. The maximum absolute atomic E-state index is 6.11. The van der Waals surface area contributed by atoms with Crippen LogP contribution in [0.1, 0.15) is 6.92 Å². The number of benzene rings is 1. The van der Waals surface area contributed by atoms with Crippen molar-refractivity contribution in [3.63, 3.8) is 0 Å². The lowest BCUT2D eigenvalue weighted by molar-refractivity contribution is 0.190. The van der Waals surface area contributed by atoms with Gasteiger partial charge >= 0.3 is 0 Å². The number of aromatic nitrogens is 2. The Kier molecular flexibility index (Phi) is 5.57. The van der Waals surface area contributed by atoms with Gasteiger partial charge in [0.1, 0.15) is 12.0 Å². The molecule has 0 aliphatic heterocycles. The molecule has 0 bridgehead atoms. The highest BCUT2D eigenvalue weighted by atomic mass is 127. The summed E-state index contributed by atoms with van der Waals surface area (Å²) in [5.41, 5.74) is 7.53. The van der Waals surface area contributed by atoms with E-state index in [-0.39, 0.29) is 6.04 Å². The molecule has 4 N–H and O–H groups in total. The molecule has 0 aliphatic rings. The zero-order valence-corrected chi connectivity index (χ0v) is 14.1. The molecule has 7 heteroatoms. The van der Waals surface area contributed by atoms with Crippen molar-refractivity contribution in [3.8, 4) is 0 Å². The number of nitrogens with two attached hydrogens (primary N) is 1. The molecule has 0 aliphatic carbocycles. The van der Waals surface area contributed by atoms with Gasteiger partial charge < -0.3 is 21.1 Å². The Bertz CT molecular complexity index is 590. The zero-order chi connectivity index (χ0) is 15.2. The summed E-state index contributed by atoms with van der Waals surface area (Å²) in [4.78, 5) is 8.36. The third-order valence-electron chi connectivity index (χ3n) is 2.79. The van der Waals surface area contributed by atoms with Crippen molar-refractivity contribution in [2.24, 2.45) is 0 Å². The van der Waals surface area contributed by atoms with Gasteiger partial charge in [0.15, 0.2) is 11.6 Å². The summed E-state index contributed by atoms with van der Waals surface area (Å²) in [7, 11) is 1.66. The number of methoxy groups -OCH3 is 1. The van der Waals surface area contributed by atoms with Crippen LogP contribution in [0.3, 0.4) is 0 Å². The molecule has 0 amide bonds. The van der Waals surface area contributed by atoms with Crippen LogP contribution in [0.15, 0.2) is 30.6 Å². The molecule has 0 fully saturated rings. The summed E-state index contributed by atoms with van der Waals surface area (Å²) in [5.74, 6) is 1.18. The van der Waals surface area contributed by atoms with E-state index in [1.165, 1.54) is 9.90 Å². The Morgan fingerprint density at radius 1 is 1.24 bits per heavy atom. The summed E-state index contributed by atoms with van der Waals surface area (Å²) >= 11 is 2.26. The smallest absolute Gasteiger partial charge is 0.159 e. The second kappa shape index (κ2) is 7.41. The van der Waals surface area contributed by atoms with Gasteiger partial charge in [0.25, 0.3) is 0 Å². The highest BCUT2D eigenvalue weighted by Crippen LogP contribution is 2.26. The molecule has 1 atom stereocenters. The summed E-state index contributed by atoms with van der Waals surface area (Å²) < 4.78 is 6.26. The van der Waals surface area contributed by atoms with E-state index >= 15 is 0 Å². The van der Waals surface area contributed by atoms with Crippen LogP contribution in [0.25, 0.3) is 0 Å². The number of ether oxygens (including phenoxy) is 1. The van der Waals surface area contributed by atoms with E-state index in [0.717, 1.165) is 5.69 Å². The van der Waals surface area contributed by atoms with Gasteiger partial charge in [0.05, 0.1) is 6.61 Å². The fourth-order valence-corrected chi connectivity index (χ4v) is 2.16. The Hall–Kier alpha value is -1.61. The van der Waals surface area contributed by atoms with Crippen molar-refractivity contribution in [1.29, 1.82) is 0 Å². The average Bonchev–Trinajstić information content (AvgIpc) is 2.46. The van der Waals surface area contributed by atoms with Crippen LogP contribution in [0.4, 0.5) is 23.0 Å². The van der Waals surface area contributed by atoms with Crippen LogP contribution < -0.4 is 16.4 Å². The van der Waals surface area contributed by atoms with Gasteiger partial charge in [0.2, 0.25) is 0 Å². The van der Waals surface area contributed by atoms with Crippen molar-refractivity contribution in [2.75, 3.05) is 30.1 Å². The molecule has 21 heavy (non-hydrogen) atoms. The molecule has 1 unspecified atom stereocenters. The molecule has 2 aromatic rings. The Morgan fingerprint density at radius 3 is 2.57 bits per heavy atom. The monoisotopic (exact) mass is 399 g/mol. The van der Waals surface area contributed by atoms with Crippen LogP contribution in [0.2, 0.25) is 0 Å². The van der Waals surface area contributed by atoms with E-state index in [1.807, 2.05) is 31.2 Å². The molecule has 1 aromatic heterocycles. The van der Waals surface area contributed by atoms with Gasteiger partial charge in [0, 0.05) is 22.4 Å². The highest BCUT2D eigenvalue weighted by Gasteiger charge is 2.10. The number of hydrogen-bond donors (Lipinski definition) is 3. The van der Waals surface area contributed by atoms with Gasteiger partial charge in [-0.2, -0.15) is 0 Å². The van der Waals surface area contributed by atoms with E-state index in [0.29, 0.717) is 23.9 Å². The molecule has 112 valence electrons. The normalized spacial score (nSPS) is 12.0. The number of anilines is 4. The molecule has 0 saturated carbocycles. The summed E-state index contributed by atoms with van der Waals surface area (Å²) in [6.45, 7) is 2.57. The third kappa shape index (κ3) is 4.43. The quantitative estimate of drug-likeness (QED) is 0.648. The highest BCUT2D eigenvalue weighted by molar-refractivity contribution is 14.1. The molecule has 0 saturated heterocycles. The molecular weight excluding hydrogens is 381 g/mol. The number of nitrogens with zero attached hydrogens (tertiary/aromatic N) is 2. The van der Waals surface area contributed by atoms with Gasteiger partial charge in [-0.3, -0.25) is 0 Å². The second-order valence-corrected chi connectivity index (χ2v) is 5.86. The fourth-order valence-electron chi connectivity index (χ4n) is 1.81. The topological polar surface area (TPSA) is 85.1 Å². The number of nitrogens with one attached hydrogen (secondary N) is 2. The standard InChI is InChI=1S/C14H18IN5O/c1-9(7-21-2)19-13-12(16)14(18-8-17-13)20-11-5-3-10(15)4-6-11/h3-6,8-9H,7,16H2,1-2H3,(H2,17,18,19,20). The van der Waals surface area contributed by atoms with Crippen molar-refractivity contribution in [2.45, 2.75) is 13.0 Å². The number of halogens is 1. The lowest BCUT2D eigenvalue weighted by atomic mass is 10.3. The largest absolute Gasteiger partial charge is 0.393 e. The Labute approximate surface area is 137 Å². The van der Waals surface area contributed by atoms with Crippen LogP contribution in [0, 0.1) is 3.57 Å². The fraction of sp³-hybridized carbons (Fsp3) is 0.286. The maximum atomic E-state index is 6.11. The Morgan fingerprint density at radius 2 is 1.90 bits per heavy atom. The molecule has 1 aromatic carbocycles. The first kappa shape index (κ1) is 15.8. The van der Waals surface area contributed by atoms with Crippen LogP contribution in [-0.4, -0.2) is 29.7 Å². The first-order valence-corrected chi connectivity index (χ1v) is 7.56. The van der Waals surface area contributed by atoms with Crippen molar-refractivity contribution >= 4 is 45.6 Å². The van der Waals surface area contributed by atoms with Crippen LogP contribution in [-0.2, 0) is 4.74 Å². The minimum atomic E-state index is 0.110. The summed E-state index contributed by atoms with van der Waals surface area (Å²) in [6.07, 6.45) is 1.48. The van der Waals surface area contributed by atoms with E-state index in [4.69, 9.17) is 10.5 Å². The predicted molar refractivity (Wildman–Crippen MR) is 93.8 cm³/mol. The zero-order valence-electron chi connectivity index (χ0n) is 11.9. The second-order valence-electron chi connectivity index (χ2n) is 4.62. The van der Waals surface area contributed by atoms with Gasteiger partial charge in [-0.05, 0) is 53.8 Å². The Balaban J connectivity index is 2.15. The van der Waals surface area contributed by atoms with Crippen LogP contribution in [0.5, 0.6) is 0 Å². The lowest BCUT2D eigenvalue weighted by Gasteiger charge is -2.16. The maximum Gasteiger partial charge on any atom is 0.159 e. The molecular formula is C14H18IN5O. The molecule has 0 radical (unpaired) electrons. The number of nitrogen functional groups attached to an aromatic ring is 1. The first-order chi connectivity index (χ1) is 10.1. The van der Waals surface area contributed by atoms with Crippen molar-refractivity contribution in [3.05, 3.63) is 34.2 Å². The van der Waals surface area contributed by atoms with E-state index in [2.05, 4.69) is 43.2 Å². The number of hydrogen-bond acceptors (Lipinski definition) is 6. The van der Waals surface area contributed by atoms with E-state index in [9.17, 15) is 0 Å². The van der Waals surface area contributed by atoms with Gasteiger partial charge in [-0.1, -0.05) is 0 Å². The van der Waals surface area contributed by atoms with Crippen molar-refractivity contribution < 1.29 is 4.74 Å². The summed E-state index contributed by atoms with van der Waals surface area (Å²) in [5, 5.41) is 6.40. The third-order valence-corrected chi connectivity index (χ3v) is 3.51. The lowest BCUT2D eigenvalue weighted by Crippen LogP contribution is -2.22. The minimum Gasteiger partial charge on any atom is -0.393 e. The van der Waals surface area contributed by atoms with E-state index in [1.54, 1.807) is 7.11 Å². The van der Waals surface area contributed by atoms with Gasteiger partial charge in [-0.15, -0.1) is 0 Å². The van der Waals surface area contributed by atoms with Gasteiger partial charge in [-0.25, -0.2) is 9.97 Å². The molecule has 2 rings (SSSR count). The number of rotatable bonds is 6. The SMILES string of the molecule is COCC(C)Nc1ncnc(Nc2ccc(I)cc2)c1N. The average molecular weight is 399 g/mol. The minimum absolute atomic E-state index is 0.110. The van der Waals surface area contributed by atoms with Crippen LogP contribution >= 0.6 is 22.6 Å². The van der Waals surface area contributed by atoms with Crippen molar-refractivity contribution in [1.82, 2.24) is 9.97 Å². The predicted octanol–water partition coefficient (Wildman–Crippen LogP) is 2.85. The first-order valence-electron chi connectivity index (χ1n) is 6.48. The molecule has 0 spiro atoms. The molecule has 1 heterocycles.